The lowest BCUT2D eigenvalue weighted by Crippen LogP contribution is -2.30. The fourth-order valence-electron chi connectivity index (χ4n) is 1.86. The minimum absolute atomic E-state index is 0.0491. The van der Waals surface area contributed by atoms with Crippen molar-refractivity contribution in [1.82, 2.24) is 5.32 Å². The van der Waals surface area contributed by atoms with Crippen molar-refractivity contribution in [3.05, 3.63) is 47.4 Å². The van der Waals surface area contributed by atoms with E-state index >= 15 is 0 Å². The van der Waals surface area contributed by atoms with Crippen molar-refractivity contribution in [3.8, 4) is 5.75 Å². The van der Waals surface area contributed by atoms with Gasteiger partial charge in [-0.05, 0) is 37.3 Å². The third-order valence-corrected chi connectivity index (χ3v) is 3.21. The van der Waals surface area contributed by atoms with Crippen LogP contribution in [0, 0.1) is 0 Å². The zero-order chi connectivity index (χ0) is 15.2. The maximum absolute atomic E-state index is 12.0. The van der Waals surface area contributed by atoms with Crippen LogP contribution >= 0.6 is 11.6 Å². The third-order valence-electron chi connectivity index (χ3n) is 2.97. The first-order valence-corrected chi connectivity index (χ1v) is 6.88. The molecule has 1 heterocycles. The Labute approximate surface area is 128 Å². The van der Waals surface area contributed by atoms with E-state index in [1.165, 1.54) is 7.11 Å². The molecule has 1 aromatic heterocycles. The summed E-state index contributed by atoms with van der Waals surface area (Å²) in [5, 5.41) is 6.37. The number of amides is 1. The highest BCUT2D eigenvalue weighted by Crippen LogP contribution is 2.27. The second-order valence-corrected chi connectivity index (χ2v) is 4.95. The van der Waals surface area contributed by atoms with E-state index in [0.29, 0.717) is 16.5 Å². The largest absolute Gasteiger partial charge is 0.495 e. The fourth-order valence-corrected chi connectivity index (χ4v) is 2.03. The predicted octanol–water partition coefficient (Wildman–Crippen LogP) is 3.23. The van der Waals surface area contributed by atoms with Gasteiger partial charge in [0.15, 0.2) is 0 Å². The van der Waals surface area contributed by atoms with Gasteiger partial charge in [-0.2, -0.15) is 0 Å². The molecular weight excluding hydrogens is 292 g/mol. The van der Waals surface area contributed by atoms with Crippen LogP contribution < -0.4 is 15.4 Å². The quantitative estimate of drug-likeness (QED) is 0.860. The lowest BCUT2D eigenvalue weighted by atomic mass is 10.2. The molecule has 0 radical (unpaired) electrons. The van der Waals surface area contributed by atoms with E-state index in [1.807, 2.05) is 19.1 Å². The van der Waals surface area contributed by atoms with Crippen LogP contribution in [-0.2, 0) is 4.79 Å². The standard InChI is InChI=1S/C15H17ClN2O3/c1-10(13-4-3-7-21-13)17-9-15(19)18-12-8-11(16)5-6-14(12)20-2/h3-8,10,17H,9H2,1-2H3,(H,18,19)/t10-/m1/s1. The van der Waals surface area contributed by atoms with Gasteiger partial charge in [0, 0.05) is 5.02 Å². The SMILES string of the molecule is COc1ccc(Cl)cc1NC(=O)CN[C@H](C)c1ccco1. The molecule has 0 unspecified atom stereocenters. The molecule has 5 nitrogen and oxygen atoms in total. The van der Waals surface area contributed by atoms with E-state index in [9.17, 15) is 4.79 Å². The number of methoxy groups -OCH3 is 1. The summed E-state index contributed by atoms with van der Waals surface area (Å²) < 4.78 is 10.4. The number of benzene rings is 1. The highest BCUT2D eigenvalue weighted by atomic mass is 35.5. The molecule has 1 atom stereocenters. The Bertz CT molecular complexity index is 599. The van der Waals surface area contributed by atoms with E-state index in [1.54, 1.807) is 24.5 Å². The van der Waals surface area contributed by atoms with Crippen LogP contribution in [-0.4, -0.2) is 19.6 Å². The molecule has 0 spiro atoms. The monoisotopic (exact) mass is 308 g/mol. The number of anilines is 1. The Kier molecular flexibility index (Phi) is 5.25. The van der Waals surface area contributed by atoms with Crippen molar-refractivity contribution in [3.63, 3.8) is 0 Å². The Balaban J connectivity index is 1.91. The van der Waals surface area contributed by atoms with Crippen molar-refractivity contribution in [2.24, 2.45) is 0 Å². The molecular formula is C15H17ClN2O3. The Morgan fingerprint density at radius 2 is 2.24 bits per heavy atom. The number of hydrogen-bond donors (Lipinski definition) is 2. The maximum atomic E-state index is 12.0. The number of hydrogen-bond acceptors (Lipinski definition) is 4. The highest BCUT2D eigenvalue weighted by Gasteiger charge is 2.12. The van der Waals surface area contributed by atoms with Crippen molar-refractivity contribution >= 4 is 23.2 Å². The van der Waals surface area contributed by atoms with E-state index < -0.39 is 0 Å². The molecule has 1 aromatic carbocycles. The van der Waals surface area contributed by atoms with Crippen LogP contribution in [0.15, 0.2) is 41.0 Å². The maximum Gasteiger partial charge on any atom is 0.238 e. The summed E-state index contributed by atoms with van der Waals surface area (Å²) in [4.78, 5) is 12.0. The van der Waals surface area contributed by atoms with Crippen LogP contribution in [0.5, 0.6) is 5.75 Å². The first-order chi connectivity index (χ1) is 10.1. The van der Waals surface area contributed by atoms with E-state index in [2.05, 4.69) is 10.6 Å². The van der Waals surface area contributed by atoms with Crippen molar-refractivity contribution < 1.29 is 13.9 Å². The first kappa shape index (κ1) is 15.4. The molecule has 0 bridgehead atoms. The molecule has 0 aliphatic carbocycles. The molecule has 0 saturated carbocycles. The number of nitrogens with one attached hydrogen (secondary N) is 2. The number of carbonyl (C=O) groups excluding carboxylic acids is 1. The first-order valence-electron chi connectivity index (χ1n) is 6.50. The molecule has 21 heavy (non-hydrogen) atoms. The van der Waals surface area contributed by atoms with Gasteiger partial charge < -0.3 is 14.5 Å². The normalized spacial score (nSPS) is 12.0. The van der Waals surface area contributed by atoms with E-state index in [-0.39, 0.29) is 18.5 Å². The summed E-state index contributed by atoms with van der Waals surface area (Å²) in [6.45, 7) is 2.07. The summed E-state index contributed by atoms with van der Waals surface area (Å²) in [6, 6.07) is 8.67. The lowest BCUT2D eigenvalue weighted by Gasteiger charge is -2.13. The third kappa shape index (κ3) is 4.24. The molecule has 0 fully saturated rings. The number of rotatable bonds is 6. The summed E-state index contributed by atoms with van der Waals surface area (Å²) >= 11 is 5.92. The smallest absolute Gasteiger partial charge is 0.238 e. The van der Waals surface area contributed by atoms with Gasteiger partial charge in [0.1, 0.15) is 11.5 Å². The second kappa shape index (κ2) is 7.15. The lowest BCUT2D eigenvalue weighted by molar-refractivity contribution is -0.115. The Morgan fingerprint density at radius 3 is 2.90 bits per heavy atom. The van der Waals surface area contributed by atoms with E-state index in [4.69, 9.17) is 20.8 Å². The van der Waals surface area contributed by atoms with Crippen LogP contribution in [0.2, 0.25) is 5.02 Å². The van der Waals surface area contributed by atoms with Crippen LogP contribution in [0.25, 0.3) is 0 Å². The molecule has 2 aromatic rings. The van der Waals surface area contributed by atoms with Gasteiger partial charge in [0.2, 0.25) is 5.91 Å². The number of ether oxygens (including phenoxy) is 1. The molecule has 0 aliphatic rings. The topological polar surface area (TPSA) is 63.5 Å². The highest BCUT2D eigenvalue weighted by molar-refractivity contribution is 6.31. The summed E-state index contributed by atoms with van der Waals surface area (Å²) in [5.41, 5.74) is 0.544. The minimum Gasteiger partial charge on any atom is -0.495 e. The summed E-state index contributed by atoms with van der Waals surface area (Å²) in [5.74, 6) is 1.16. The van der Waals surface area contributed by atoms with Crippen LogP contribution in [0.1, 0.15) is 18.7 Å². The molecule has 0 aliphatic heterocycles. The van der Waals surface area contributed by atoms with Crippen molar-refractivity contribution in [2.75, 3.05) is 19.0 Å². The minimum atomic E-state index is -0.186. The number of halogens is 1. The number of furan rings is 1. The van der Waals surface area contributed by atoms with E-state index in [0.717, 1.165) is 5.76 Å². The van der Waals surface area contributed by atoms with Crippen LogP contribution in [0.3, 0.4) is 0 Å². The number of carbonyl (C=O) groups is 1. The molecule has 1 amide bonds. The van der Waals surface area contributed by atoms with Crippen molar-refractivity contribution in [1.29, 1.82) is 0 Å². The zero-order valence-electron chi connectivity index (χ0n) is 11.9. The summed E-state index contributed by atoms with van der Waals surface area (Å²) in [7, 11) is 1.54. The average Bonchev–Trinajstić information content (AvgIpc) is 2.99. The van der Waals surface area contributed by atoms with Gasteiger partial charge >= 0.3 is 0 Å². The van der Waals surface area contributed by atoms with Crippen molar-refractivity contribution in [2.45, 2.75) is 13.0 Å². The molecule has 0 saturated heterocycles. The average molecular weight is 309 g/mol. The zero-order valence-corrected chi connectivity index (χ0v) is 12.6. The van der Waals surface area contributed by atoms with Gasteiger partial charge in [0.05, 0.1) is 31.6 Å². The Morgan fingerprint density at radius 1 is 1.43 bits per heavy atom. The van der Waals surface area contributed by atoms with Gasteiger partial charge in [-0.15, -0.1) is 0 Å². The van der Waals surface area contributed by atoms with Gasteiger partial charge in [0.25, 0.3) is 0 Å². The summed E-state index contributed by atoms with van der Waals surface area (Å²) in [6.07, 6.45) is 1.60. The molecule has 2 N–H and O–H groups in total. The van der Waals surface area contributed by atoms with Gasteiger partial charge in [-0.3, -0.25) is 10.1 Å². The fraction of sp³-hybridized carbons (Fsp3) is 0.267. The van der Waals surface area contributed by atoms with Gasteiger partial charge in [-0.1, -0.05) is 11.6 Å². The molecule has 2 rings (SSSR count). The second-order valence-electron chi connectivity index (χ2n) is 4.51. The van der Waals surface area contributed by atoms with Gasteiger partial charge in [-0.25, -0.2) is 0 Å². The molecule has 112 valence electrons. The Hall–Kier alpha value is -1.98. The molecule has 6 heteroatoms. The predicted molar refractivity (Wildman–Crippen MR) is 81.8 cm³/mol. The van der Waals surface area contributed by atoms with Crippen LogP contribution in [0.4, 0.5) is 5.69 Å².